The molecule has 0 saturated carbocycles. The summed E-state index contributed by atoms with van der Waals surface area (Å²) in [5.41, 5.74) is 1.39. The second kappa shape index (κ2) is 9.62. The third-order valence-corrected chi connectivity index (χ3v) is 7.50. The van der Waals surface area contributed by atoms with Gasteiger partial charge in [-0.25, -0.2) is 8.42 Å². The first-order valence-electron chi connectivity index (χ1n) is 10.7. The Labute approximate surface area is 187 Å². The maximum atomic E-state index is 12.9. The molecule has 32 heavy (non-hydrogen) atoms. The molecular formula is C23H26N4O4S. The van der Waals surface area contributed by atoms with E-state index < -0.39 is 10.0 Å². The van der Waals surface area contributed by atoms with E-state index in [4.69, 9.17) is 4.52 Å². The molecular weight excluding hydrogens is 428 g/mol. The van der Waals surface area contributed by atoms with E-state index in [1.807, 2.05) is 30.3 Å². The lowest BCUT2D eigenvalue weighted by Gasteiger charge is -2.29. The van der Waals surface area contributed by atoms with Crippen molar-refractivity contribution < 1.29 is 17.7 Å². The molecule has 1 fully saturated rings. The van der Waals surface area contributed by atoms with Crippen LogP contribution in [0.15, 0.2) is 64.0 Å². The van der Waals surface area contributed by atoms with Crippen molar-refractivity contribution in [2.75, 3.05) is 18.4 Å². The quantitative estimate of drug-likeness (QED) is 0.583. The SMILES string of the molecule is CC1CCN(S(=O)(=O)c2ccc(-c3noc(CCC(=O)Nc4ccccc4)n3)cc2)CC1. The first-order valence-corrected chi connectivity index (χ1v) is 12.1. The van der Waals surface area contributed by atoms with Crippen molar-refractivity contribution in [1.29, 1.82) is 0 Å². The van der Waals surface area contributed by atoms with E-state index in [9.17, 15) is 13.2 Å². The van der Waals surface area contributed by atoms with E-state index in [1.54, 1.807) is 28.6 Å². The van der Waals surface area contributed by atoms with E-state index in [-0.39, 0.29) is 17.2 Å². The smallest absolute Gasteiger partial charge is 0.243 e. The average molecular weight is 455 g/mol. The fourth-order valence-corrected chi connectivity index (χ4v) is 5.06. The summed E-state index contributed by atoms with van der Waals surface area (Å²) in [5.74, 6) is 1.12. The van der Waals surface area contributed by atoms with Crippen LogP contribution in [-0.2, 0) is 21.2 Å². The Kier molecular flexibility index (Phi) is 6.66. The predicted molar refractivity (Wildman–Crippen MR) is 120 cm³/mol. The summed E-state index contributed by atoms with van der Waals surface area (Å²) in [6, 6.07) is 15.7. The molecule has 1 aliphatic heterocycles. The van der Waals surface area contributed by atoms with Gasteiger partial charge in [-0.15, -0.1) is 0 Å². The van der Waals surface area contributed by atoms with Gasteiger partial charge in [0.2, 0.25) is 27.6 Å². The molecule has 0 bridgehead atoms. The molecule has 0 aliphatic carbocycles. The zero-order valence-electron chi connectivity index (χ0n) is 17.9. The molecule has 1 saturated heterocycles. The number of para-hydroxylation sites is 1. The van der Waals surface area contributed by atoms with Gasteiger partial charge in [-0.1, -0.05) is 30.3 Å². The Morgan fingerprint density at radius 2 is 1.78 bits per heavy atom. The van der Waals surface area contributed by atoms with Gasteiger partial charge < -0.3 is 9.84 Å². The average Bonchev–Trinajstić information content (AvgIpc) is 3.28. The summed E-state index contributed by atoms with van der Waals surface area (Å²) in [4.78, 5) is 16.7. The Bertz CT molecular complexity index is 1150. The molecule has 2 aromatic carbocycles. The number of benzene rings is 2. The highest BCUT2D eigenvalue weighted by atomic mass is 32.2. The minimum atomic E-state index is -3.50. The number of hydrogen-bond acceptors (Lipinski definition) is 6. The third kappa shape index (κ3) is 5.23. The molecule has 168 valence electrons. The number of aromatic nitrogens is 2. The number of amides is 1. The van der Waals surface area contributed by atoms with Crippen LogP contribution >= 0.6 is 0 Å². The second-order valence-electron chi connectivity index (χ2n) is 8.04. The van der Waals surface area contributed by atoms with Gasteiger partial charge in [0.05, 0.1) is 4.90 Å². The van der Waals surface area contributed by atoms with Gasteiger partial charge in [0.15, 0.2) is 0 Å². The highest BCUT2D eigenvalue weighted by Crippen LogP contribution is 2.25. The topological polar surface area (TPSA) is 105 Å². The van der Waals surface area contributed by atoms with E-state index in [0.29, 0.717) is 42.7 Å². The van der Waals surface area contributed by atoms with Crippen molar-refractivity contribution in [3.05, 3.63) is 60.5 Å². The lowest BCUT2D eigenvalue weighted by molar-refractivity contribution is -0.116. The monoisotopic (exact) mass is 454 g/mol. The van der Waals surface area contributed by atoms with E-state index in [1.165, 1.54) is 0 Å². The van der Waals surface area contributed by atoms with Crippen molar-refractivity contribution in [1.82, 2.24) is 14.4 Å². The molecule has 1 aliphatic rings. The maximum Gasteiger partial charge on any atom is 0.243 e. The second-order valence-corrected chi connectivity index (χ2v) is 9.97. The fourth-order valence-electron chi connectivity index (χ4n) is 3.59. The van der Waals surface area contributed by atoms with E-state index in [0.717, 1.165) is 18.5 Å². The van der Waals surface area contributed by atoms with Gasteiger partial charge >= 0.3 is 0 Å². The Hall–Kier alpha value is -3.04. The maximum absolute atomic E-state index is 12.9. The minimum absolute atomic E-state index is 0.141. The van der Waals surface area contributed by atoms with Gasteiger partial charge in [0.1, 0.15) is 0 Å². The number of piperidine rings is 1. The first kappa shape index (κ1) is 22.2. The first-order chi connectivity index (χ1) is 15.4. The summed E-state index contributed by atoms with van der Waals surface area (Å²) in [6.07, 6.45) is 2.28. The Morgan fingerprint density at radius 1 is 1.09 bits per heavy atom. The summed E-state index contributed by atoms with van der Waals surface area (Å²) in [7, 11) is -3.50. The number of hydrogen-bond donors (Lipinski definition) is 1. The molecule has 1 N–H and O–H groups in total. The van der Waals surface area contributed by atoms with Crippen LogP contribution < -0.4 is 5.32 Å². The number of anilines is 1. The molecule has 4 rings (SSSR count). The molecule has 0 spiro atoms. The number of nitrogens with zero attached hydrogens (tertiary/aromatic N) is 3. The molecule has 9 heteroatoms. The summed E-state index contributed by atoms with van der Waals surface area (Å²) in [5, 5.41) is 6.77. The number of rotatable bonds is 7. The number of carbonyl (C=O) groups is 1. The summed E-state index contributed by atoms with van der Waals surface area (Å²) < 4.78 is 32.5. The fraction of sp³-hybridized carbons (Fsp3) is 0.348. The van der Waals surface area contributed by atoms with Gasteiger partial charge in [-0.2, -0.15) is 9.29 Å². The molecule has 2 heterocycles. The predicted octanol–water partition coefficient (Wildman–Crippen LogP) is 3.73. The molecule has 0 unspecified atom stereocenters. The highest BCUT2D eigenvalue weighted by Gasteiger charge is 2.28. The lowest BCUT2D eigenvalue weighted by atomic mass is 10.0. The van der Waals surface area contributed by atoms with Crippen LogP contribution in [0.2, 0.25) is 0 Å². The molecule has 3 aromatic rings. The van der Waals surface area contributed by atoms with Gasteiger partial charge in [0.25, 0.3) is 0 Å². The van der Waals surface area contributed by atoms with Crippen LogP contribution in [0.1, 0.15) is 32.1 Å². The van der Waals surface area contributed by atoms with Gasteiger partial charge in [-0.05, 0) is 55.2 Å². The van der Waals surface area contributed by atoms with Crippen LogP contribution in [0.5, 0.6) is 0 Å². The lowest BCUT2D eigenvalue weighted by Crippen LogP contribution is -2.37. The number of carbonyl (C=O) groups excluding carboxylic acids is 1. The summed E-state index contributed by atoms with van der Waals surface area (Å²) >= 11 is 0. The van der Waals surface area contributed by atoms with Gasteiger partial charge in [0, 0.05) is 37.2 Å². The van der Waals surface area contributed by atoms with Crippen molar-refractivity contribution >= 4 is 21.6 Å². The van der Waals surface area contributed by atoms with Crippen LogP contribution in [0.25, 0.3) is 11.4 Å². The van der Waals surface area contributed by atoms with Crippen molar-refractivity contribution in [2.45, 2.75) is 37.5 Å². The van der Waals surface area contributed by atoms with Crippen molar-refractivity contribution in [3.8, 4) is 11.4 Å². The molecule has 0 radical (unpaired) electrons. The standard InChI is InChI=1S/C23H26N4O4S/c1-17-13-15-27(16-14-17)32(29,30)20-9-7-18(8-10-20)23-25-22(31-26-23)12-11-21(28)24-19-5-3-2-4-6-19/h2-10,17H,11-16H2,1H3,(H,24,28). The normalized spacial score (nSPS) is 15.5. The third-order valence-electron chi connectivity index (χ3n) is 5.58. The Morgan fingerprint density at radius 3 is 2.47 bits per heavy atom. The van der Waals surface area contributed by atoms with Crippen LogP contribution in [0, 0.1) is 5.92 Å². The molecule has 0 atom stereocenters. The minimum Gasteiger partial charge on any atom is -0.339 e. The van der Waals surface area contributed by atoms with Crippen LogP contribution in [0.4, 0.5) is 5.69 Å². The molecule has 8 nitrogen and oxygen atoms in total. The number of nitrogens with one attached hydrogen (secondary N) is 1. The van der Waals surface area contributed by atoms with E-state index in [2.05, 4.69) is 22.4 Å². The summed E-state index contributed by atoms with van der Waals surface area (Å²) in [6.45, 7) is 3.25. The molecule has 1 amide bonds. The zero-order chi connectivity index (χ0) is 22.6. The van der Waals surface area contributed by atoms with Crippen LogP contribution in [-0.4, -0.2) is 41.9 Å². The number of sulfonamides is 1. The van der Waals surface area contributed by atoms with E-state index >= 15 is 0 Å². The Balaban J connectivity index is 1.36. The van der Waals surface area contributed by atoms with Gasteiger partial charge in [-0.3, -0.25) is 4.79 Å². The van der Waals surface area contributed by atoms with Crippen molar-refractivity contribution in [3.63, 3.8) is 0 Å². The van der Waals surface area contributed by atoms with Crippen molar-refractivity contribution in [2.24, 2.45) is 5.92 Å². The zero-order valence-corrected chi connectivity index (χ0v) is 18.7. The number of aryl methyl sites for hydroxylation is 1. The van der Waals surface area contributed by atoms with Crippen LogP contribution in [0.3, 0.4) is 0 Å². The highest BCUT2D eigenvalue weighted by molar-refractivity contribution is 7.89. The molecule has 1 aromatic heterocycles. The largest absolute Gasteiger partial charge is 0.339 e.